The molecule has 1 aliphatic carbocycles. The summed E-state index contributed by atoms with van der Waals surface area (Å²) in [5.41, 5.74) is 2.10. The van der Waals surface area contributed by atoms with E-state index in [1.165, 1.54) is 44.6 Å². The normalized spacial score (nSPS) is 30.4. The molecule has 0 amide bonds. The zero-order chi connectivity index (χ0) is 13.9. The Morgan fingerprint density at radius 1 is 1.15 bits per heavy atom. The third kappa shape index (κ3) is 2.98. The number of hydrogen-bond donors (Lipinski definition) is 2. The van der Waals surface area contributed by atoms with E-state index in [9.17, 15) is 4.39 Å². The predicted octanol–water partition coefficient (Wildman–Crippen LogP) is 3.86. The van der Waals surface area contributed by atoms with Crippen molar-refractivity contribution in [2.24, 2.45) is 5.92 Å². The van der Waals surface area contributed by atoms with Crippen molar-refractivity contribution in [1.29, 1.82) is 0 Å². The first-order valence-electron chi connectivity index (χ1n) is 8.00. The molecule has 0 spiro atoms. The summed E-state index contributed by atoms with van der Waals surface area (Å²) < 4.78 is 13.4. The molecule has 1 aliphatic heterocycles. The van der Waals surface area contributed by atoms with Gasteiger partial charge in [-0.3, -0.25) is 0 Å². The van der Waals surface area contributed by atoms with E-state index in [0.717, 1.165) is 17.8 Å². The second-order valence-corrected chi connectivity index (χ2v) is 6.36. The molecule has 20 heavy (non-hydrogen) atoms. The van der Waals surface area contributed by atoms with Gasteiger partial charge in [0, 0.05) is 17.8 Å². The number of benzene rings is 1. The van der Waals surface area contributed by atoms with Gasteiger partial charge in [-0.15, -0.1) is 0 Å². The highest BCUT2D eigenvalue weighted by atomic mass is 19.1. The Labute approximate surface area is 121 Å². The number of anilines is 1. The van der Waals surface area contributed by atoms with E-state index < -0.39 is 0 Å². The van der Waals surface area contributed by atoms with Gasteiger partial charge >= 0.3 is 0 Å². The van der Waals surface area contributed by atoms with Crippen molar-refractivity contribution >= 4 is 5.69 Å². The number of rotatable bonds is 3. The average Bonchev–Trinajstić information content (AvgIpc) is 2.92. The van der Waals surface area contributed by atoms with Gasteiger partial charge in [0.15, 0.2) is 0 Å². The van der Waals surface area contributed by atoms with Crippen molar-refractivity contribution in [3.05, 3.63) is 29.6 Å². The van der Waals surface area contributed by atoms with Gasteiger partial charge in [0.2, 0.25) is 0 Å². The molecule has 0 bridgehead atoms. The molecule has 3 unspecified atom stereocenters. The van der Waals surface area contributed by atoms with Gasteiger partial charge < -0.3 is 10.6 Å². The van der Waals surface area contributed by atoms with Crippen LogP contribution in [0.15, 0.2) is 18.2 Å². The van der Waals surface area contributed by atoms with E-state index in [-0.39, 0.29) is 5.82 Å². The van der Waals surface area contributed by atoms with Crippen molar-refractivity contribution in [3.63, 3.8) is 0 Å². The molecule has 2 fully saturated rings. The summed E-state index contributed by atoms with van der Waals surface area (Å²) in [6.45, 7) is 3.21. The molecule has 1 saturated heterocycles. The van der Waals surface area contributed by atoms with E-state index in [0.29, 0.717) is 18.0 Å². The third-order valence-corrected chi connectivity index (χ3v) is 4.98. The molecule has 3 heteroatoms. The molecule has 3 rings (SSSR count). The molecular formula is C17H25FN2. The van der Waals surface area contributed by atoms with Crippen LogP contribution in [0.4, 0.5) is 10.1 Å². The lowest BCUT2D eigenvalue weighted by Gasteiger charge is -2.33. The van der Waals surface area contributed by atoms with Crippen LogP contribution < -0.4 is 10.6 Å². The number of aryl methyl sites for hydroxylation is 1. The Bertz CT molecular complexity index is 454. The highest BCUT2D eigenvalue weighted by Crippen LogP contribution is 2.34. The van der Waals surface area contributed by atoms with Crippen LogP contribution >= 0.6 is 0 Å². The molecule has 0 aromatic heterocycles. The topological polar surface area (TPSA) is 24.1 Å². The lowest BCUT2D eigenvalue weighted by Crippen LogP contribution is -2.44. The first-order valence-corrected chi connectivity index (χ1v) is 8.00. The zero-order valence-corrected chi connectivity index (χ0v) is 12.3. The van der Waals surface area contributed by atoms with Crippen LogP contribution in [0.1, 0.15) is 44.1 Å². The highest BCUT2D eigenvalue weighted by molar-refractivity contribution is 5.51. The minimum absolute atomic E-state index is 0.150. The first kappa shape index (κ1) is 13.9. The quantitative estimate of drug-likeness (QED) is 0.876. The van der Waals surface area contributed by atoms with Gasteiger partial charge in [0.25, 0.3) is 0 Å². The summed E-state index contributed by atoms with van der Waals surface area (Å²) in [6.07, 6.45) is 7.74. The largest absolute Gasteiger partial charge is 0.382 e. The second-order valence-electron chi connectivity index (χ2n) is 6.36. The Morgan fingerprint density at radius 3 is 2.85 bits per heavy atom. The van der Waals surface area contributed by atoms with Crippen molar-refractivity contribution in [2.75, 3.05) is 11.9 Å². The summed E-state index contributed by atoms with van der Waals surface area (Å²) in [5, 5.41) is 7.31. The van der Waals surface area contributed by atoms with Crippen molar-refractivity contribution in [3.8, 4) is 0 Å². The monoisotopic (exact) mass is 276 g/mol. The molecule has 1 saturated carbocycles. The minimum atomic E-state index is -0.150. The second kappa shape index (κ2) is 6.13. The van der Waals surface area contributed by atoms with Gasteiger partial charge in [-0.1, -0.05) is 18.9 Å². The van der Waals surface area contributed by atoms with Gasteiger partial charge in [0.1, 0.15) is 5.82 Å². The fourth-order valence-electron chi connectivity index (χ4n) is 3.84. The predicted molar refractivity (Wildman–Crippen MR) is 81.5 cm³/mol. The molecule has 1 aromatic rings. The molecule has 1 aromatic carbocycles. The summed E-state index contributed by atoms with van der Waals surface area (Å²) in [7, 11) is 0. The highest BCUT2D eigenvalue weighted by Gasteiger charge is 2.34. The fraction of sp³-hybridized carbons (Fsp3) is 0.647. The number of nitrogens with one attached hydrogen (secondary N) is 2. The van der Waals surface area contributed by atoms with Gasteiger partial charge in [0.05, 0.1) is 0 Å². The standard InChI is InChI=1S/C17H25FN2/c1-12-8-9-13(18)11-17(12)20-16-7-4-5-14(16)15-6-2-3-10-19-15/h8-9,11,14-16,19-20H,2-7,10H2,1H3. The Morgan fingerprint density at radius 2 is 2.05 bits per heavy atom. The third-order valence-electron chi connectivity index (χ3n) is 4.98. The maximum atomic E-state index is 13.4. The maximum absolute atomic E-state index is 13.4. The van der Waals surface area contributed by atoms with Gasteiger partial charge in [-0.2, -0.15) is 0 Å². The summed E-state index contributed by atoms with van der Waals surface area (Å²) in [4.78, 5) is 0. The summed E-state index contributed by atoms with van der Waals surface area (Å²) in [6, 6.07) is 6.18. The summed E-state index contributed by atoms with van der Waals surface area (Å²) >= 11 is 0. The average molecular weight is 276 g/mol. The Balaban J connectivity index is 1.70. The van der Waals surface area contributed by atoms with E-state index in [2.05, 4.69) is 10.6 Å². The molecule has 110 valence electrons. The SMILES string of the molecule is Cc1ccc(F)cc1NC1CCCC1C1CCCCN1. The number of halogens is 1. The fourth-order valence-corrected chi connectivity index (χ4v) is 3.84. The smallest absolute Gasteiger partial charge is 0.125 e. The van der Waals surface area contributed by atoms with Crippen molar-refractivity contribution < 1.29 is 4.39 Å². The number of piperidine rings is 1. The van der Waals surface area contributed by atoms with Crippen LogP contribution in [0.3, 0.4) is 0 Å². The lowest BCUT2D eigenvalue weighted by molar-refractivity contribution is 0.286. The van der Waals surface area contributed by atoms with E-state index in [1.54, 1.807) is 6.07 Å². The van der Waals surface area contributed by atoms with Crippen LogP contribution in [-0.2, 0) is 0 Å². The molecule has 3 atom stereocenters. The van der Waals surface area contributed by atoms with Gasteiger partial charge in [-0.05, 0) is 62.8 Å². The molecular weight excluding hydrogens is 251 g/mol. The van der Waals surface area contributed by atoms with Crippen LogP contribution in [0.5, 0.6) is 0 Å². The van der Waals surface area contributed by atoms with Crippen molar-refractivity contribution in [2.45, 2.75) is 57.5 Å². The molecule has 2 N–H and O–H groups in total. The Kier molecular flexibility index (Phi) is 4.25. The van der Waals surface area contributed by atoms with Crippen molar-refractivity contribution in [1.82, 2.24) is 5.32 Å². The van der Waals surface area contributed by atoms with Crippen LogP contribution in [0.2, 0.25) is 0 Å². The van der Waals surface area contributed by atoms with E-state index in [1.807, 2.05) is 13.0 Å². The number of hydrogen-bond acceptors (Lipinski definition) is 2. The Hall–Kier alpha value is -1.09. The first-order chi connectivity index (χ1) is 9.74. The molecule has 2 aliphatic rings. The molecule has 1 heterocycles. The molecule has 0 radical (unpaired) electrons. The van der Waals surface area contributed by atoms with Crippen LogP contribution in [0, 0.1) is 18.7 Å². The molecule has 2 nitrogen and oxygen atoms in total. The lowest BCUT2D eigenvalue weighted by atomic mass is 9.88. The van der Waals surface area contributed by atoms with E-state index >= 15 is 0 Å². The van der Waals surface area contributed by atoms with E-state index in [4.69, 9.17) is 0 Å². The zero-order valence-electron chi connectivity index (χ0n) is 12.3. The van der Waals surface area contributed by atoms with Crippen LogP contribution in [-0.4, -0.2) is 18.6 Å². The van der Waals surface area contributed by atoms with Crippen LogP contribution in [0.25, 0.3) is 0 Å². The van der Waals surface area contributed by atoms with Gasteiger partial charge in [-0.25, -0.2) is 4.39 Å². The minimum Gasteiger partial charge on any atom is -0.382 e. The summed E-state index contributed by atoms with van der Waals surface area (Å²) in [5.74, 6) is 0.543. The maximum Gasteiger partial charge on any atom is 0.125 e.